The van der Waals surface area contributed by atoms with Crippen LogP contribution in [-0.4, -0.2) is 29.7 Å². The van der Waals surface area contributed by atoms with E-state index >= 15 is 0 Å². The topological polar surface area (TPSA) is 85.1 Å². The Morgan fingerprint density at radius 3 is 2.76 bits per heavy atom. The molecule has 0 fully saturated rings. The van der Waals surface area contributed by atoms with E-state index in [4.69, 9.17) is 10.6 Å². The van der Waals surface area contributed by atoms with Crippen molar-refractivity contribution in [3.8, 4) is 0 Å². The normalized spacial score (nSPS) is 12.6. The van der Waals surface area contributed by atoms with Gasteiger partial charge in [0.1, 0.15) is 0 Å². The zero-order valence-electron chi connectivity index (χ0n) is 10.2. The molecule has 0 aliphatic carbocycles. The van der Waals surface area contributed by atoms with Crippen LogP contribution in [0.15, 0.2) is 6.20 Å². The molecular formula is C10H18FN5O. The highest BCUT2D eigenvalue weighted by atomic mass is 19.1. The number of aromatic nitrogens is 2. The molecule has 0 saturated carbocycles. The lowest BCUT2D eigenvalue weighted by Gasteiger charge is -2.22. The van der Waals surface area contributed by atoms with Crippen LogP contribution in [-0.2, 0) is 4.74 Å². The lowest BCUT2D eigenvalue weighted by Crippen LogP contribution is -2.31. The Morgan fingerprint density at radius 1 is 1.53 bits per heavy atom. The van der Waals surface area contributed by atoms with Crippen molar-refractivity contribution in [2.75, 3.05) is 24.5 Å². The Balaban J connectivity index is 2.84. The van der Waals surface area contributed by atoms with E-state index in [9.17, 15) is 4.39 Å². The number of halogens is 1. The van der Waals surface area contributed by atoms with Crippen molar-refractivity contribution < 1.29 is 9.13 Å². The summed E-state index contributed by atoms with van der Waals surface area (Å²) in [6.45, 7) is 4.49. The standard InChI is InChI=1S/C10H18FN5O/c1-6(2)8(5-17-3)14-9-7(11)4-13-10(15-9)16-12/h4,6,8H,5,12H2,1-3H3,(H2,13,14,15,16). The highest BCUT2D eigenvalue weighted by Crippen LogP contribution is 2.15. The fourth-order valence-corrected chi connectivity index (χ4v) is 1.29. The van der Waals surface area contributed by atoms with Gasteiger partial charge in [0.05, 0.1) is 18.8 Å². The first-order valence-corrected chi connectivity index (χ1v) is 5.33. The summed E-state index contributed by atoms with van der Waals surface area (Å²) >= 11 is 0. The van der Waals surface area contributed by atoms with E-state index in [0.29, 0.717) is 6.61 Å². The van der Waals surface area contributed by atoms with Crippen LogP contribution in [0, 0.1) is 11.7 Å². The summed E-state index contributed by atoms with van der Waals surface area (Å²) in [4.78, 5) is 7.57. The second-order valence-corrected chi connectivity index (χ2v) is 3.98. The summed E-state index contributed by atoms with van der Waals surface area (Å²) in [5.41, 5.74) is 2.27. The Bertz CT molecular complexity index is 361. The van der Waals surface area contributed by atoms with Crippen molar-refractivity contribution in [3.63, 3.8) is 0 Å². The summed E-state index contributed by atoms with van der Waals surface area (Å²) in [6.07, 6.45) is 1.06. The summed E-state index contributed by atoms with van der Waals surface area (Å²) < 4.78 is 18.5. The Morgan fingerprint density at radius 2 is 2.24 bits per heavy atom. The third-order valence-corrected chi connectivity index (χ3v) is 2.35. The van der Waals surface area contributed by atoms with Crippen molar-refractivity contribution in [3.05, 3.63) is 12.0 Å². The summed E-state index contributed by atoms with van der Waals surface area (Å²) in [5.74, 6) is 5.20. The predicted octanol–water partition coefficient (Wildman–Crippen LogP) is 0.984. The lowest BCUT2D eigenvalue weighted by molar-refractivity contribution is 0.171. The minimum Gasteiger partial charge on any atom is -0.383 e. The van der Waals surface area contributed by atoms with Crippen LogP contribution in [0.25, 0.3) is 0 Å². The molecule has 0 spiro atoms. The highest BCUT2D eigenvalue weighted by molar-refractivity contribution is 5.41. The molecule has 17 heavy (non-hydrogen) atoms. The highest BCUT2D eigenvalue weighted by Gasteiger charge is 2.16. The summed E-state index contributed by atoms with van der Waals surface area (Å²) in [6, 6.07) is -0.0324. The molecule has 1 atom stereocenters. The minimum atomic E-state index is -0.522. The van der Waals surface area contributed by atoms with E-state index in [0.717, 1.165) is 6.20 Å². The molecule has 0 radical (unpaired) electrons. The molecule has 6 nitrogen and oxygen atoms in total. The van der Waals surface area contributed by atoms with Gasteiger partial charge in [-0.1, -0.05) is 13.8 Å². The minimum absolute atomic E-state index is 0.0324. The molecule has 1 aromatic rings. The number of ether oxygens (including phenoxy) is 1. The molecular weight excluding hydrogens is 225 g/mol. The van der Waals surface area contributed by atoms with E-state index < -0.39 is 5.82 Å². The number of methoxy groups -OCH3 is 1. The third-order valence-electron chi connectivity index (χ3n) is 2.35. The van der Waals surface area contributed by atoms with Gasteiger partial charge in [-0.15, -0.1) is 0 Å². The molecule has 1 aromatic heterocycles. The number of nitrogens with one attached hydrogen (secondary N) is 2. The first-order chi connectivity index (χ1) is 8.08. The van der Waals surface area contributed by atoms with Gasteiger partial charge in [-0.25, -0.2) is 15.2 Å². The maximum Gasteiger partial charge on any atom is 0.239 e. The van der Waals surface area contributed by atoms with Gasteiger partial charge in [0.25, 0.3) is 0 Å². The van der Waals surface area contributed by atoms with Crippen LogP contribution in [0.3, 0.4) is 0 Å². The average Bonchev–Trinajstić information content (AvgIpc) is 2.31. The first-order valence-electron chi connectivity index (χ1n) is 5.33. The van der Waals surface area contributed by atoms with Crippen LogP contribution in [0.4, 0.5) is 16.2 Å². The van der Waals surface area contributed by atoms with Crippen LogP contribution in [0.1, 0.15) is 13.8 Å². The number of rotatable bonds is 6. The summed E-state index contributed by atoms with van der Waals surface area (Å²) in [5, 5.41) is 2.98. The second kappa shape index (κ2) is 6.31. The fourth-order valence-electron chi connectivity index (χ4n) is 1.29. The summed E-state index contributed by atoms with van der Waals surface area (Å²) in [7, 11) is 1.60. The molecule has 0 aromatic carbocycles. The molecule has 1 heterocycles. The zero-order valence-corrected chi connectivity index (χ0v) is 10.2. The Hall–Kier alpha value is -1.47. The van der Waals surface area contributed by atoms with Crippen molar-refractivity contribution in [2.45, 2.75) is 19.9 Å². The van der Waals surface area contributed by atoms with Gasteiger partial charge in [-0.2, -0.15) is 4.98 Å². The molecule has 7 heteroatoms. The van der Waals surface area contributed by atoms with Gasteiger partial charge in [0.15, 0.2) is 11.6 Å². The van der Waals surface area contributed by atoms with Crippen molar-refractivity contribution in [2.24, 2.45) is 11.8 Å². The van der Waals surface area contributed by atoms with Gasteiger partial charge >= 0.3 is 0 Å². The van der Waals surface area contributed by atoms with Gasteiger partial charge in [0.2, 0.25) is 5.95 Å². The number of nitrogens with zero attached hydrogens (tertiary/aromatic N) is 2. The van der Waals surface area contributed by atoms with Gasteiger partial charge in [-0.05, 0) is 5.92 Å². The molecule has 1 unspecified atom stereocenters. The number of anilines is 2. The van der Waals surface area contributed by atoms with Crippen molar-refractivity contribution in [1.82, 2.24) is 9.97 Å². The Labute approximate surface area is 99.7 Å². The van der Waals surface area contributed by atoms with E-state index in [1.54, 1.807) is 7.11 Å². The van der Waals surface area contributed by atoms with Crippen molar-refractivity contribution >= 4 is 11.8 Å². The largest absolute Gasteiger partial charge is 0.383 e. The van der Waals surface area contributed by atoms with E-state index in [-0.39, 0.29) is 23.7 Å². The molecule has 4 N–H and O–H groups in total. The molecule has 0 aliphatic rings. The molecule has 0 amide bonds. The fraction of sp³-hybridized carbons (Fsp3) is 0.600. The molecule has 0 bridgehead atoms. The maximum absolute atomic E-state index is 13.5. The number of hydrazine groups is 1. The SMILES string of the molecule is COCC(Nc1nc(NN)ncc1F)C(C)C. The number of nitrogens with two attached hydrogens (primary N) is 1. The van der Waals surface area contributed by atoms with E-state index in [1.165, 1.54) is 0 Å². The molecule has 0 aliphatic heterocycles. The van der Waals surface area contributed by atoms with Crippen LogP contribution in [0.5, 0.6) is 0 Å². The zero-order chi connectivity index (χ0) is 12.8. The smallest absolute Gasteiger partial charge is 0.239 e. The average molecular weight is 243 g/mol. The Kier molecular flexibility index (Phi) is 5.05. The van der Waals surface area contributed by atoms with Gasteiger partial charge in [-0.3, -0.25) is 5.43 Å². The molecule has 0 saturated heterocycles. The van der Waals surface area contributed by atoms with Crippen LogP contribution < -0.4 is 16.6 Å². The van der Waals surface area contributed by atoms with E-state index in [2.05, 4.69) is 20.7 Å². The predicted molar refractivity (Wildman–Crippen MR) is 63.9 cm³/mol. The molecule has 96 valence electrons. The van der Waals surface area contributed by atoms with Gasteiger partial charge < -0.3 is 10.1 Å². The quantitative estimate of drug-likeness (QED) is 0.510. The van der Waals surface area contributed by atoms with Gasteiger partial charge in [0, 0.05) is 7.11 Å². The number of hydrogen-bond donors (Lipinski definition) is 3. The first kappa shape index (κ1) is 13.6. The third kappa shape index (κ3) is 3.79. The van der Waals surface area contributed by atoms with Crippen molar-refractivity contribution in [1.29, 1.82) is 0 Å². The lowest BCUT2D eigenvalue weighted by atomic mass is 10.1. The molecule has 1 rings (SSSR count). The van der Waals surface area contributed by atoms with Crippen LogP contribution in [0.2, 0.25) is 0 Å². The monoisotopic (exact) mass is 243 g/mol. The number of nitrogen functional groups attached to an aromatic ring is 1. The van der Waals surface area contributed by atoms with Crippen LogP contribution >= 0.6 is 0 Å². The van der Waals surface area contributed by atoms with E-state index in [1.807, 2.05) is 13.8 Å². The maximum atomic E-state index is 13.5. The second-order valence-electron chi connectivity index (χ2n) is 3.98. The number of hydrogen-bond acceptors (Lipinski definition) is 6.